The number of piperazine rings is 1. The Morgan fingerprint density at radius 1 is 1.50 bits per heavy atom. The Morgan fingerprint density at radius 3 is 2.50 bits per heavy atom. The molecule has 0 radical (unpaired) electrons. The Hall–Kier alpha value is -0.0800. The van der Waals surface area contributed by atoms with Gasteiger partial charge in [-0.1, -0.05) is 0 Å². The zero-order chi connectivity index (χ0) is 7.78. The van der Waals surface area contributed by atoms with Gasteiger partial charge in [0, 0.05) is 24.7 Å². The fraction of sp³-hybridized carbons (Fsp3) is 1.00. The summed E-state index contributed by atoms with van der Waals surface area (Å²) in [4.78, 5) is 2.38. The highest BCUT2D eigenvalue weighted by Crippen LogP contribution is 2.11. The van der Waals surface area contributed by atoms with Gasteiger partial charge in [0.25, 0.3) is 0 Å². The first-order chi connectivity index (χ1) is 4.49. The molecule has 0 aromatic rings. The number of likely N-dealkylation sites (N-methyl/N-ethyl adjacent to an activating group) is 1. The SMILES string of the molecule is C[C@@H]1CN(C)CC(C)(C)N1. The molecule has 0 aromatic carbocycles. The van der Waals surface area contributed by atoms with Crippen LogP contribution in [-0.4, -0.2) is 36.6 Å². The average Bonchev–Trinajstić information content (AvgIpc) is 1.54. The van der Waals surface area contributed by atoms with Crippen LogP contribution in [0.3, 0.4) is 0 Å². The Kier molecular flexibility index (Phi) is 2.02. The summed E-state index contributed by atoms with van der Waals surface area (Å²) in [6.07, 6.45) is 0. The van der Waals surface area contributed by atoms with Crippen molar-refractivity contribution >= 4 is 0 Å². The molecular formula is C8H18N2. The van der Waals surface area contributed by atoms with Gasteiger partial charge in [-0.25, -0.2) is 0 Å². The van der Waals surface area contributed by atoms with Crippen LogP contribution in [0.15, 0.2) is 0 Å². The third-order valence-corrected chi connectivity index (χ3v) is 1.89. The molecule has 0 amide bonds. The van der Waals surface area contributed by atoms with Crippen LogP contribution in [0.4, 0.5) is 0 Å². The van der Waals surface area contributed by atoms with Gasteiger partial charge in [-0.05, 0) is 27.8 Å². The fourth-order valence-electron chi connectivity index (χ4n) is 1.97. The van der Waals surface area contributed by atoms with Crippen molar-refractivity contribution in [3.8, 4) is 0 Å². The van der Waals surface area contributed by atoms with Gasteiger partial charge >= 0.3 is 0 Å². The lowest BCUT2D eigenvalue weighted by Gasteiger charge is -2.41. The van der Waals surface area contributed by atoms with E-state index in [1.165, 1.54) is 6.54 Å². The van der Waals surface area contributed by atoms with Gasteiger partial charge in [0.2, 0.25) is 0 Å². The molecule has 1 aliphatic heterocycles. The van der Waals surface area contributed by atoms with Gasteiger partial charge in [-0.3, -0.25) is 0 Å². The highest BCUT2D eigenvalue weighted by atomic mass is 15.2. The fourth-order valence-corrected chi connectivity index (χ4v) is 1.97. The van der Waals surface area contributed by atoms with E-state index in [1.54, 1.807) is 0 Å². The Labute approximate surface area is 63.6 Å². The van der Waals surface area contributed by atoms with Gasteiger partial charge in [0.05, 0.1) is 0 Å². The average molecular weight is 142 g/mol. The first-order valence-corrected chi connectivity index (χ1v) is 3.96. The van der Waals surface area contributed by atoms with Gasteiger partial charge in [0.1, 0.15) is 0 Å². The van der Waals surface area contributed by atoms with Crippen LogP contribution in [0, 0.1) is 0 Å². The minimum absolute atomic E-state index is 0.298. The van der Waals surface area contributed by atoms with E-state index in [0.29, 0.717) is 11.6 Å². The predicted octanol–water partition coefficient (Wildman–Crippen LogP) is 0.688. The van der Waals surface area contributed by atoms with Crippen molar-refractivity contribution in [1.29, 1.82) is 0 Å². The molecule has 2 nitrogen and oxygen atoms in total. The summed E-state index contributed by atoms with van der Waals surface area (Å²) in [6, 6.07) is 0.633. The molecule has 1 rings (SSSR count). The summed E-state index contributed by atoms with van der Waals surface area (Å²) in [5.74, 6) is 0. The van der Waals surface area contributed by atoms with Crippen molar-refractivity contribution in [2.45, 2.75) is 32.4 Å². The quantitative estimate of drug-likeness (QED) is 0.535. The summed E-state index contributed by atoms with van der Waals surface area (Å²) in [5.41, 5.74) is 0.298. The second-order valence-electron chi connectivity index (χ2n) is 4.13. The molecule has 1 heterocycles. The molecule has 1 aliphatic rings. The van der Waals surface area contributed by atoms with Crippen molar-refractivity contribution in [1.82, 2.24) is 10.2 Å². The standard InChI is InChI=1S/C8H18N2/c1-7-5-10(4)6-8(2,3)9-7/h7,9H,5-6H2,1-4H3/t7-/m1/s1. The smallest absolute Gasteiger partial charge is 0.0255 e. The van der Waals surface area contributed by atoms with Crippen LogP contribution in [0.5, 0.6) is 0 Å². The first-order valence-electron chi connectivity index (χ1n) is 3.96. The van der Waals surface area contributed by atoms with Gasteiger partial charge in [-0.15, -0.1) is 0 Å². The van der Waals surface area contributed by atoms with Gasteiger partial charge < -0.3 is 10.2 Å². The minimum Gasteiger partial charge on any atom is -0.307 e. The molecule has 1 fully saturated rings. The molecule has 1 N–H and O–H groups in total. The van der Waals surface area contributed by atoms with Crippen LogP contribution >= 0.6 is 0 Å². The minimum atomic E-state index is 0.298. The second kappa shape index (κ2) is 2.51. The van der Waals surface area contributed by atoms with Crippen LogP contribution in [0.2, 0.25) is 0 Å². The molecule has 2 heteroatoms. The van der Waals surface area contributed by atoms with Crippen LogP contribution in [0.25, 0.3) is 0 Å². The number of rotatable bonds is 0. The zero-order valence-electron chi connectivity index (χ0n) is 7.44. The lowest BCUT2D eigenvalue weighted by Crippen LogP contribution is -2.59. The molecule has 1 saturated heterocycles. The summed E-state index contributed by atoms with van der Waals surface area (Å²) < 4.78 is 0. The molecule has 10 heavy (non-hydrogen) atoms. The summed E-state index contributed by atoms with van der Waals surface area (Å²) in [6.45, 7) is 9.05. The van der Waals surface area contributed by atoms with Crippen molar-refractivity contribution in [3.63, 3.8) is 0 Å². The van der Waals surface area contributed by atoms with Gasteiger partial charge in [0.15, 0.2) is 0 Å². The van der Waals surface area contributed by atoms with Crippen molar-refractivity contribution in [2.75, 3.05) is 20.1 Å². The molecular weight excluding hydrogens is 124 g/mol. The maximum atomic E-state index is 3.54. The molecule has 0 aromatic heterocycles. The van der Waals surface area contributed by atoms with Crippen molar-refractivity contribution in [2.24, 2.45) is 0 Å². The number of nitrogens with zero attached hydrogens (tertiary/aromatic N) is 1. The normalized spacial score (nSPS) is 34.2. The molecule has 0 aliphatic carbocycles. The molecule has 0 saturated carbocycles. The highest BCUT2D eigenvalue weighted by Gasteiger charge is 2.27. The Morgan fingerprint density at radius 2 is 2.10 bits per heavy atom. The monoisotopic (exact) mass is 142 g/mol. The maximum Gasteiger partial charge on any atom is 0.0255 e. The maximum absolute atomic E-state index is 3.54. The summed E-state index contributed by atoms with van der Waals surface area (Å²) >= 11 is 0. The van der Waals surface area contributed by atoms with E-state index in [4.69, 9.17) is 0 Å². The number of hydrogen-bond acceptors (Lipinski definition) is 2. The van der Waals surface area contributed by atoms with E-state index in [9.17, 15) is 0 Å². The van der Waals surface area contributed by atoms with E-state index >= 15 is 0 Å². The predicted molar refractivity (Wildman–Crippen MR) is 44.2 cm³/mol. The first kappa shape index (κ1) is 8.02. The van der Waals surface area contributed by atoms with Crippen molar-refractivity contribution in [3.05, 3.63) is 0 Å². The van der Waals surface area contributed by atoms with Crippen LogP contribution in [-0.2, 0) is 0 Å². The van der Waals surface area contributed by atoms with Gasteiger partial charge in [-0.2, -0.15) is 0 Å². The lowest BCUT2D eigenvalue weighted by molar-refractivity contribution is 0.149. The third-order valence-electron chi connectivity index (χ3n) is 1.89. The van der Waals surface area contributed by atoms with Crippen LogP contribution in [0.1, 0.15) is 20.8 Å². The number of nitrogens with one attached hydrogen (secondary N) is 1. The molecule has 60 valence electrons. The number of hydrogen-bond donors (Lipinski definition) is 1. The largest absolute Gasteiger partial charge is 0.307 e. The van der Waals surface area contributed by atoms with E-state index in [2.05, 4.69) is 38.0 Å². The Balaban J connectivity index is 2.51. The summed E-state index contributed by atoms with van der Waals surface area (Å²) in [7, 11) is 2.18. The Bertz CT molecular complexity index is 108. The highest BCUT2D eigenvalue weighted by molar-refractivity contribution is 4.89. The van der Waals surface area contributed by atoms with Crippen molar-refractivity contribution < 1.29 is 0 Å². The second-order valence-corrected chi connectivity index (χ2v) is 4.13. The molecule has 0 bridgehead atoms. The van der Waals surface area contributed by atoms with E-state index < -0.39 is 0 Å². The third kappa shape index (κ3) is 1.96. The zero-order valence-corrected chi connectivity index (χ0v) is 7.44. The summed E-state index contributed by atoms with van der Waals surface area (Å²) in [5, 5.41) is 3.54. The lowest BCUT2D eigenvalue weighted by atomic mass is 10.00. The molecule has 0 spiro atoms. The topological polar surface area (TPSA) is 15.3 Å². The molecule has 1 atom stereocenters. The van der Waals surface area contributed by atoms with E-state index in [1.807, 2.05) is 0 Å². The van der Waals surface area contributed by atoms with E-state index in [0.717, 1.165) is 6.54 Å². The van der Waals surface area contributed by atoms with E-state index in [-0.39, 0.29) is 0 Å². The molecule has 0 unspecified atom stereocenters. The van der Waals surface area contributed by atoms with Crippen LogP contribution < -0.4 is 5.32 Å².